The van der Waals surface area contributed by atoms with E-state index in [4.69, 9.17) is 0 Å². The van der Waals surface area contributed by atoms with Crippen LogP contribution >= 0.6 is 28.3 Å². The maximum absolute atomic E-state index is 12.5. The monoisotopic (exact) mass is 391 g/mol. The quantitative estimate of drug-likeness (QED) is 0.631. The van der Waals surface area contributed by atoms with Crippen LogP contribution in [0.25, 0.3) is 0 Å². The summed E-state index contributed by atoms with van der Waals surface area (Å²) in [6.07, 6.45) is 1.85. The predicted molar refractivity (Wildman–Crippen MR) is 90.6 cm³/mol. The number of nitrogens with zero attached hydrogens (tertiary/aromatic N) is 2. The zero-order valence-electron chi connectivity index (χ0n) is 12.3. The summed E-state index contributed by atoms with van der Waals surface area (Å²) in [5.74, 6) is 0.316. The topological polar surface area (TPSA) is 75.5 Å². The van der Waals surface area contributed by atoms with Crippen molar-refractivity contribution in [3.63, 3.8) is 0 Å². The number of halogens is 2. The molecule has 0 aromatic heterocycles. The standard InChI is InChI=1S/C14H18BrN3O3.ClH/c1-16-9-10-4-6-17(7-5-10)14(19)12-3-2-11(15)8-13(12)18(20)21;/h2-3,8,10,16H,4-7,9H2,1H3;1H. The van der Waals surface area contributed by atoms with Gasteiger partial charge in [0, 0.05) is 23.6 Å². The summed E-state index contributed by atoms with van der Waals surface area (Å²) in [4.78, 5) is 24.8. The fourth-order valence-corrected chi connectivity index (χ4v) is 2.98. The maximum Gasteiger partial charge on any atom is 0.283 e. The van der Waals surface area contributed by atoms with Crippen molar-refractivity contribution >= 4 is 39.9 Å². The molecule has 8 heteroatoms. The van der Waals surface area contributed by atoms with Gasteiger partial charge in [-0.25, -0.2) is 0 Å². The Bertz CT molecular complexity index is 548. The molecular weight excluding hydrogens is 374 g/mol. The second-order valence-electron chi connectivity index (χ2n) is 5.21. The lowest BCUT2D eigenvalue weighted by atomic mass is 9.96. The highest BCUT2D eigenvalue weighted by molar-refractivity contribution is 9.10. The summed E-state index contributed by atoms with van der Waals surface area (Å²) in [6, 6.07) is 4.55. The minimum absolute atomic E-state index is 0. The number of piperidine rings is 1. The molecule has 1 fully saturated rings. The Morgan fingerprint density at radius 2 is 2.09 bits per heavy atom. The molecule has 2 rings (SSSR count). The summed E-state index contributed by atoms with van der Waals surface area (Å²) in [5, 5.41) is 14.2. The average molecular weight is 393 g/mol. The van der Waals surface area contributed by atoms with Crippen LogP contribution < -0.4 is 5.32 Å². The van der Waals surface area contributed by atoms with Crippen molar-refractivity contribution in [1.29, 1.82) is 0 Å². The second kappa shape index (κ2) is 8.45. The van der Waals surface area contributed by atoms with Crippen molar-refractivity contribution in [2.75, 3.05) is 26.7 Å². The van der Waals surface area contributed by atoms with Crippen LogP contribution in [0, 0.1) is 16.0 Å². The molecule has 6 nitrogen and oxygen atoms in total. The van der Waals surface area contributed by atoms with Gasteiger partial charge in [0.05, 0.1) is 4.92 Å². The lowest BCUT2D eigenvalue weighted by molar-refractivity contribution is -0.385. The van der Waals surface area contributed by atoms with Crippen molar-refractivity contribution in [2.24, 2.45) is 5.92 Å². The number of carbonyl (C=O) groups is 1. The lowest BCUT2D eigenvalue weighted by Crippen LogP contribution is -2.40. The van der Waals surface area contributed by atoms with Crippen molar-refractivity contribution < 1.29 is 9.72 Å². The Hall–Kier alpha value is -1.18. The van der Waals surface area contributed by atoms with Gasteiger partial charge in [0.2, 0.25) is 0 Å². The van der Waals surface area contributed by atoms with Gasteiger partial charge in [-0.05, 0) is 44.5 Å². The largest absolute Gasteiger partial charge is 0.338 e. The molecule has 0 saturated carbocycles. The summed E-state index contributed by atoms with van der Waals surface area (Å²) >= 11 is 3.20. The van der Waals surface area contributed by atoms with E-state index in [0.717, 1.165) is 19.4 Å². The zero-order valence-corrected chi connectivity index (χ0v) is 14.7. The Balaban J connectivity index is 0.00000242. The minimum Gasteiger partial charge on any atom is -0.338 e. The molecule has 22 heavy (non-hydrogen) atoms. The highest BCUT2D eigenvalue weighted by Gasteiger charge is 2.28. The average Bonchev–Trinajstić information content (AvgIpc) is 2.47. The molecule has 1 heterocycles. The van der Waals surface area contributed by atoms with Gasteiger partial charge in [-0.15, -0.1) is 12.4 Å². The molecule has 0 radical (unpaired) electrons. The van der Waals surface area contributed by atoms with E-state index in [1.807, 2.05) is 7.05 Å². The van der Waals surface area contributed by atoms with Crippen molar-refractivity contribution in [2.45, 2.75) is 12.8 Å². The van der Waals surface area contributed by atoms with Crippen LogP contribution in [0.5, 0.6) is 0 Å². The Morgan fingerprint density at radius 3 is 2.64 bits per heavy atom. The molecule has 122 valence electrons. The molecule has 0 spiro atoms. The number of rotatable bonds is 4. The van der Waals surface area contributed by atoms with Crippen LogP contribution in [0.15, 0.2) is 22.7 Å². The number of amides is 1. The number of nitrogens with one attached hydrogen (secondary N) is 1. The van der Waals surface area contributed by atoms with Crippen LogP contribution in [0.3, 0.4) is 0 Å². The molecule has 1 saturated heterocycles. The number of benzene rings is 1. The zero-order chi connectivity index (χ0) is 15.4. The molecular formula is C14H19BrClN3O3. The normalized spacial score (nSPS) is 15.3. The van der Waals surface area contributed by atoms with Gasteiger partial charge < -0.3 is 10.2 Å². The minimum atomic E-state index is -0.508. The van der Waals surface area contributed by atoms with E-state index < -0.39 is 4.92 Å². The molecule has 0 bridgehead atoms. The molecule has 1 aromatic carbocycles. The number of likely N-dealkylation sites (tertiary alicyclic amines) is 1. The molecule has 1 aromatic rings. The molecule has 1 amide bonds. The highest BCUT2D eigenvalue weighted by atomic mass is 79.9. The van der Waals surface area contributed by atoms with Gasteiger partial charge in [-0.3, -0.25) is 14.9 Å². The summed E-state index contributed by atoms with van der Waals surface area (Å²) in [6.45, 7) is 2.25. The maximum atomic E-state index is 12.5. The Kier molecular flexibility index (Phi) is 7.25. The number of nitro benzene ring substituents is 1. The molecule has 0 unspecified atom stereocenters. The van der Waals surface area contributed by atoms with Crippen LogP contribution in [0.4, 0.5) is 5.69 Å². The molecule has 0 atom stereocenters. The number of hydrogen-bond donors (Lipinski definition) is 1. The first-order chi connectivity index (χ1) is 10.0. The predicted octanol–water partition coefficient (Wildman–Crippen LogP) is 2.85. The van der Waals surface area contributed by atoms with E-state index in [1.165, 1.54) is 12.1 Å². The van der Waals surface area contributed by atoms with Gasteiger partial charge in [-0.2, -0.15) is 0 Å². The van der Waals surface area contributed by atoms with Gasteiger partial charge in [0.1, 0.15) is 5.56 Å². The van der Waals surface area contributed by atoms with Gasteiger partial charge in [-0.1, -0.05) is 15.9 Å². The van der Waals surface area contributed by atoms with E-state index >= 15 is 0 Å². The number of nitro groups is 1. The summed E-state index contributed by atoms with van der Waals surface area (Å²) < 4.78 is 0.596. The smallest absolute Gasteiger partial charge is 0.283 e. The fourth-order valence-electron chi connectivity index (χ4n) is 2.64. The summed E-state index contributed by atoms with van der Waals surface area (Å²) in [7, 11) is 1.92. The van der Waals surface area contributed by atoms with Crippen molar-refractivity contribution in [1.82, 2.24) is 10.2 Å². The molecule has 0 aliphatic carbocycles. The van der Waals surface area contributed by atoms with Gasteiger partial charge >= 0.3 is 0 Å². The molecule has 1 N–H and O–H groups in total. The van der Waals surface area contributed by atoms with Crippen LogP contribution in [0.2, 0.25) is 0 Å². The van der Waals surface area contributed by atoms with Crippen LogP contribution in [-0.2, 0) is 0 Å². The van der Waals surface area contributed by atoms with Crippen LogP contribution in [0.1, 0.15) is 23.2 Å². The molecule has 1 aliphatic rings. The van der Waals surface area contributed by atoms with E-state index in [-0.39, 0.29) is 29.6 Å². The number of hydrogen-bond acceptors (Lipinski definition) is 4. The highest BCUT2D eigenvalue weighted by Crippen LogP contribution is 2.26. The van der Waals surface area contributed by atoms with E-state index in [1.54, 1.807) is 11.0 Å². The van der Waals surface area contributed by atoms with Crippen LogP contribution in [-0.4, -0.2) is 42.4 Å². The first-order valence-electron chi connectivity index (χ1n) is 6.90. The first kappa shape index (κ1) is 18.9. The second-order valence-corrected chi connectivity index (χ2v) is 6.13. The third kappa shape index (κ3) is 4.41. The van der Waals surface area contributed by atoms with Gasteiger partial charge in [0.15, 0.2) is 0 Å². The number of carbonyl (C=O) groups excluding carboxylic acids is 1. The first-order valence-corrected chi connectivity index (χ1v) is 7.70. The van der Waals surface area contributed by atoms with Gasteiger partial charge in [0.25, 0.3) is 11.6 Å². The van der Waals surface area contributed by atoms with E-state index in [9.17, 15) is 14.9 Å². The third-order valence-corrected chi connectivity index (χ3v) is 4.27. The lowest BCUT2D eigenvalue weighted by Gasteiger charge is -2.31. The summed E-state index contributed by atoms with van der Waals surface area (Å²) in [5.41, 5.74) is 0.0157. The fraction of sp³-hybridized carbons (Fsp3) is 0.500. The van der Waals surface area contributed by atoms with Crippen molar-refractivity contribution in [3.05, 3.63) is 38.3 Å². The van der Waals surface area contributed by atoms with Crippen molar-refractivity contribution in [3.8, 4) is 0 Å². The SMILES string of the molecule is CNCC1CCN(C(=O)c2ccc(Br)cc2[N+](=O)[O-])CC1.Cl. The van der Waals surface area contributed by atoms with E-state index in [0.29, 0.717) is 23.5 Å². The molecule has 1 aliphatic heterocycles. The Labute approximate surface area is 143 Å². The third-order valence-electron chi connectivity index (χ3n) is 3.78. The van der Waals surface area contributed by atoms with E-state index in [2.05, 4.69) is 21.2 Å². The Morgan fingerprint density at radius 1 is 1.45 bits per heavy atom.